The molecule has 3 fully saturated rings. The van der Waals surface area contributed by atoms with Gasteiger partial charge in [0.2, 0.25) is 11.7 Å². The third-order valence-corrected chi connectivity index (χ3v) is 16.4. The van der Waals surface area contributed by atoms with Crippen molar-refractivity contribution >= 4 is 23.2 Å². The highest BCUT2D eigenvalue weighted by Crippen LogP contribution is 2.39. The summed E-state index contributed by atoms with van der Waals surface area (Å²) in [7, 11) is 0. The molecule has 1 aromatic rings. The second-order valence-electron chi connectivity index (χ2n) is 22.3. The fraction of sp³-hybridized carbons (Fsp3) is 0.661. The summed E-state index contributed by atoms with van der Waals surface area (Å²) in [4.78, 5) is 27.9. The van der Waals surface area contributed by atoms with Crippen molar-refractivity contribution in [1.29, 1.82) is 0 Å². The zero-order chi connectivity index (χ0) is 61.0. The number of aliphatic hydroxyl groups excluding tert-OH is 12. The van der Waals surface area contributed by atoms with Gasteiger partial charge in [-0.3, -0.25) is 9.59 Å². The van der Waals surface area contributed by atoms with Gasteiger partial charge in [-0.2, -0.15) is 0 Å². The van der Waals surface area contributed by atoms with Gasteiger partial charge in [-0.05, 0) is 51.0 Å². The van der Waals surface area contributed by atoms with E-state index in [-0.39, 0.29) is 38.1 Å². The van der Waals surface area contributed by atoms with Crippen LogP contribution in [0.4, 0.5) is 0 Å². The molecule has 1 aromatic heterocycles. The number of nitrogens with one attached hydrogen (secondary N) is 2. The smallest absolute Gasteiger partial charge is 0.308 e. The van der Waals surface area contributed by atoms with Gasteiger partial charge < -0.3 is 106 Å². The fourth-order valence-corrected chi connectivity index (χ4v) is 11.1. The van der Waals surface area contributed by atoms with Gasteiger partial charge in [0.15, 0.2) is 12.1 Å². The first-order valence-corrected chi connectivity index (χ1v) is 29.3. The van der Waals surface area contributed by atoms with E-state index in [1.165, 1.54) is 24.3 Å². The summed E-state index contributed by atoms with van der Waals surface area (Å²) in [5.74, 6) is -8.37. The zero-order valence-corrected chi connectivity index (χ0v) is 48.3. The van der Waals surface area contributed by atoms with Crippen molar-refractivity contribution in [3.05, 3.63) is 107 Å². The summed E-state index contributed by atoms with van der Waals surface area (Å²) in [5.41, 5.74) is 0. The molecule has 83 heavy (non-hydrogen) atoms. The van der Waals surface area contributed by atoms with Crippen LogP contribution in [0.1, 0.15) is 83.9 Å². The van der Waals surface area contributed by atoms with Crippen molar-refractivity contribution in [2.24, 2.45) is 17.8 Å². The summed E-state index contributed by atoms with van der Waals surface area (Å²) >= 11 is 1.49. The van der Waals surface area contributed by atoms with Crippen LogP contribution in [-0.4, -0.2) is 225 Å². The molecule has 4 aliphatic heterocycles. The molecule has 0 aliphatic carbocycles. The Balaban J connectivity index is 1.42. The Labute approximate surface area is 488 Å². The number of cyclic esters (lactones) is 1. The number of hydrogen-bond acceptors (Lipinski definition) is 23. The molecule has 5 rings (SSSR count). The van der Waals surface area contributed by atoms with Gasteiger partial charge in [-0.25, -0.2) is 0 Å². The predicted octanol–water partition coefficient (Wildman–Crippen LogP) is -0.520. The number of aliphatic hydroxyl groups is 14. The van der Waals surface area contributed by atoms with E-state index < -0.39 is 184 Å². The number of carbonyl (C=O) groups excluding carboxylic acids is 2. The highest BCUT2D eigenvalue weighted by Gasteiger charge is 2.53. The van der Waals surface area contributed by atoms with Crippen LogP contribution in [0.2, 0.25) is 0 Å². The molecule has 3 saturated heterocycles. The van der Waals surface area contributed by atoms with Crippen molar-refractivity contribution in [2.45, 2.75) is 207 Å². The van der Waals surface area contributed by atoms with Crippen LogP contribution < -0.4 is 10.6 Å². The van der Waals surface area contributed by atoms with E-state index in [9.17, 15) is 81.1 Å². The number of rotatable bonds is 9. The van der Waals surface area contributed by atoms with E-state index >= 15 is 0 Å². The molecule has 0 saturated carbocycles. The molecule has 24 heteroatoms. The highest BCUT2D eigenvalue weighted by atomic mass is 32.1. The minimum Gasteiger partial charge on any atom is -0.462 e. The number of esters is 1. The Bertz CT molecular complexity index is 2320. The van der Waals surface area contributed by atoms with E-state index in [2.05, 4.69) is 10.6 Å². The lowest BCUT2D eigenvalue weighted by Crippen LogP contribution is -2.69. The normalized spacial score (nSPS) is 43.8. The minimum atomic E-state index is -2.47. The number of hydrogen-bond donors (Lipinski definition) is 16. The van der Waals surface area contributed by atoms with Crippen molar-refractivity contribution in [3.8, 4) is 0 Å². The maximum absolute atomic E-state index is 14.1. The summed E-state index contributed by atoms with van der Waals surface area (Å²) in [6.07, 6.45) is -2.57. The summed E-state index contributed by atoms with van der Waals surface area (Å²) in [5, 5.41) is 162. The highest BCUT2D eigenvalue weighted by molar-refractivity contribution is 7.09. The standard InChI is InChI=1S/C59H90N2O21S/c1-34-18-15-13-11-9-7-5-6-8-10-12-14-16-19-41(81-57-54(73)50(52(71)37(4)80-57)61-33-59(77)55(74)53(72)46(68)32-78-59)29-47-49(56(75)60-24-23-42-20-17-25-83-42)45(67)31-58(76,82-47)30-40(64)27-44(66)43(65)22-21-38(62)26-39(63)28-48(69)79-36(3)35(2)51(34)70/h5-20,25,34-41,43-47,49-55,57,61-68,70-74,76-77H,21-24,26-33H2,1-4H3,(H,60,75)/b6-5+,9-7+,10-8+,13-11+,14-12+,18-15+,19-16+/t34-,35-,36-,37+,38+,39+,40-,41-,43+,44+,45-,46+,47?,49?,50-,51+,52+,53-,54-,55-,57?,58+,59+/m0/s1. The number of fused-ring (bicyclic) bond motifs is 2. The molecule has 16 N–H and O–H groups in total. The number of amides is 1. The number of ether oxygens (including phenoxy) is 5. The molecule has 2 bridgehead atoms. The van der Waals surface area contributed by atoms with Gasteiger partial charge in [0.1, 0.15) is 30.5 Å². The molecule has 468 valence electrons. The molecule has 1 amide bonds. The second kappa shape index (κ2) is 33.8. The average Bonchev–Trinajstić information content (AvgIpc) is 4.04. The van der Waals surface area contributed by atoms with Crippen LogP contribution in [-0.2, 0) is 39.7 Å². The van der Waals surface area contributed by atoms with Crippen molar-refractivity contribution in [1.82, 2.24) is 10.6 Å². The zero-order valence-electron chi connectivity index (χ0n) is 47.5. The Morgan fingerprint density at radius 1 is 0.687 bits per heavy atom. The first-order chi connectivity index (χ1) is 39.3. The Morgan fingerprint density at radius 2 is 1.33 bits per heavy atom. The average molecular weight is 1200 g/mol. The predicted molar refractivity (Wildman–Crippen MR) is 303 cm³/mol. The third kappa shape index (κ3) is 21.8. The Hall–Kier alpha value is -3.94. The molecule has 0 spiro atoms. The molecule has 23 atom stereocenters. The molecule has 0 aromatic carbocycles. The number of thiophene rings is 1. The molecule has 3 unspecified atom stereocenters. The summed E-state index contributed by atoms with van der Waals surface area (Å²) < 4.78 is 29.5. The van der Waals surface area contributed by atoms with Gasteiger partial charge in [-0.1, -0.05) is 105 Å². The van der Waals surface area contributed by atoms with Crippen LogP contribution in [0.3, 0.4) is 0 Å². The van der Waals surface area contributed by atoms with E-state index in [4.69, 9.17) is 23.7 Å². The van der Waals surface area contributed by atoms with Crippen LogP contribution in [0.5, 0.6) is 0 Å². The molecular weight excluding hydrogens is 1100 g/mol. The quantitative estimate of drug-likeness (QED) is 0.138. The summed E-state index contributed by atoms with van der Waals surface area (Å²) in [6, 6.07) is 2.42. The van der Waals surface area contributed by atoms with Crippen molar-refractivity contribution in [3.63, 3.8) is 0 Å². The van der Waals surface area contributed by atoms with Crippen LogP contribution in [0.15, 0.2) is 103 Å². The SMILES string of the molecule is C[C@@H]1[C@H](O)[C@@H](C)/C=C/C=C/C=C/C=C/C=C/C=C/C=C/[C@H](OC2O[C@H](C)[C@@H](O)[C@H](NC[C@@]3(O)OC[C@@H](O)[C@H](O)[C@@H]3O)[C@@H]2O)CC2O[C@](O)(C[C@@H](O)C[C@@H](O)[C@H](O)CC[C@@H](O)C[C@@H](O)CC(=O)O[C@H]1C)C[C@H](O)C2C(=O)NCCc1cccs1. The van der Waals surface area contributed by atoms with Gasteiger partial charge in [0, 0.05) is 48.9 Å². The lowest BCUT2D eigenvalue weighted by atomic mass is 9.82. The van der Waals surface area contributed by atoms with Crippen molar-refractivity contribution < 1.29 is 105 Å². The third-order valence-electron chi connectivity index (χ3n) is 15.5. The van der Waals surface area contributed by atoms with Gasteiger partial charge in [-0.15, -0.1) is 11.3 Å². The summed E-state index contributed by atoms with van der Waals surface area (Å²) in [6.45, 7) is 5.65. The first-order valence-electron chi connectivity index (χ1n) is 28.5. The topological polar surface area (TPSA) is 388 Å². The van der Waals surface area contributed by atoms with E-state index in [1.807, 2.05) is 30.5 Å². The molecule has 23 nitrogen and oxygen atoms in total. The Morgan fingerprint density at radius 3 is 1.96 bits per heavy atom. The van der Waals surface area contributed by atoms with E-state index in [1.54, 1.807) is 86.8 Å². The van der Waals surface area contributed by atoms with Crippen LogP contribution in [0.25, 0.3) is 0 Å². The maximum atomic E-state index is 14.1. The van der Waals surface area contributed by atoms with Crippen LogP contribution >= 0.6 is 11.3 Å². The van der Waals surface area contributed by atoms with E-state index in [0.717, 1.165) is 4.88 Å². The first kappa shape index (κ1) is 69.8. The monoisotopic (exact) mass is 1190 g/mol. The van der Waals surface area contributed by atoms with E-state index in [0.29, 0.717) is 6.42 Å². The van der Waals surface area contributed by atoms with Crippen molar-refractivity contribution in [2.75, 3.05) is 19.7 Å². The lowest BCUT2D eigenvalue weighted by molar-refractivity contribution is -0.323. The maximum Gasteiger partial charge on any atom is 0.308 e. The van der Waals surface area contributed by atoms with Gasteiger partial charge in [0.25, 0.3) is 0 Å². The van der Waals surface area contributed by atoms with Gasteiger partial charge in [0.05, 0.1) is 98.7 Å². The number of carbonyl (C=O) groups is 2. The second-order valence-corrected chi connectivity index (χ2v) is 23.4. The fourth-order valence-electron chi connectivity index (χ4n) is 10.4. The molecule has 0 radical (unpaired) electrons. The Kier molecular flexibility index (Phi) is 28.5. The largest absolute Gasteiger partial charge is 0.462 e. The molecular formula is C59H90N2O21S. The van der Waals surface area contributed by atoms with Crippen LogP contribution in [0, 0.1) is 17.8 Å². The lowest BCUT2D eigenvalue weighted by Gasteiger charge is -2.47. The number of allylic oxidation sites excluding steroid dienone is 12. The minimum absolute atomic E-state index is 0.130. The molecule has 5 heterocycles. The van der Waals surface area contributed by atoms with Gasteiger partial charge >= 0.3 is 5.97 Å². The molecule has 4 aliphatic rings.